The van der Waals surface area contributed by atoms with Crippen molar-refractivity contribution in [2.45, 2.75) is 12.1 Å². The Kier molecular flexibility index (Phi) is 2.48. The van der Waals surface area contributed by atoms with E-state index in [1.807, 2.05) is 0 Å². The fourth-order valence-electron chi connectivity index (χ4n) is 1.06. The molecule has 1 aliphatic heterocycles. The van der Waals surface area contributed by atoms with Crippen molar-refractivity contribution in [2.75, 3.05) is 19.3 Å². The summed E-state index contributed by atoms with van der Waals surface area (Å²) in [7, 11) is -3.19. The maximum absolute atomic E-state index is 10.7. The lowest BCUT2D eigenvalue weighted by Gasteiger charge is -2.12. The quantitative estimate of drug-likeness (QED) is 0.453. The van der Waals surface area contributed by atoms with Crippen LogP contribution in [0.4, 0.5) is 0 Å². The van der Waals surface area contributed by atoms with Crippen LogP contribution < -0.4 is 10.0 Å². The molecule has 5 nitrogen and oxygen atoms in total. The first-order valence-corrected chi connectivity index (χ1v) is 5.24. The number of β-amino-alcohol motifs (C(OH)–C–C–N with tert-alkyl or cyclic N) is 1. The largest absolute Gasteiger partial charge is 0.390 e. The van der Waals surface area contributed by atoms with Crippen LogP contribution in [0.25, 0.3) is 0 Å². The second kappa shape index (κ2) is 3.06. The highest BCUT2D eigenvalue weighted by molar-refractivity contribution is 7.88. The van der Waals surface area contributed by atoms with Gasteiger partial charge >= 0.3 is 0 Å². The third-order valence-electron chi connectivity index (χ3n) is 1.55. The van der Waals surface area contributed by atoms with Gasteiger partial charge in [0.1, 0.15) is 0 Å². The Hall–Kier alpha value is -0.170. The maximum Gasteiger partial charge on any atom is 0.209 e. The predicted molar refractivity (Wildman–Crippen MR) is 40.6 cm³/mol. The van der Waals surface area contributed by atoms with E-state index in [0.717, 1.165) is 6.26 Å². The first kappa shape index (κ1) is 8.92. The number of aliphatic hydroxyl groups excluding tert-OH is 1. The molecule has 0 aromatic heterocycles. The number of hydrogen-bond acceptors (Lipinski definition) is 4. The topological polar surface area (TPSA) is 78.4 Å². The van der Waals surface area contributed by atoms with Crippen LogP contribution in [0.3, 0.4) is 0 Å². The molecule has 0 saturated carbocycles. The minimum atomic E-state index is -3.19. The molecular weight excluding hydrogens is 168 g/mol. The van der Waals surface area contributed by atoms with Gasteiger partial charge in [0, 0.05) is 13.1 Å². The van der Waals surface area contributed by atoms with Crippen LogP contribution in [0.1, 0.15) is 0 Å². The molecule has 11 heavy (non-hydrogen) atoms. The zero-order valence-electron chi connectivity index (χ0n) is 6.24. The standard InChI is InChI=1S/C5H12N2O3S/c1-11(9,10)7-4-2-6-3-5(4)8/h4-8H,2-3H2,1H3. The molecule has 0 aromatic carbocycles. The van der Waals surface area contributed by atoms with Crippen LogP contribution in [-0.2, 0) is 10.0 Å². The first-order valence-electron chi connectivity index (χ1n) is 3.35. The second-order valence-electron chi connectivity index (χ2n) is 2.72. The molecule has 1 rings (SSSR count). The molecule has 0 aliphatic carbocycles. The molecule has 1 saturated heterocycles. The lowest BCUT2D eigenvalue weighted by atomic mass is 10.2. The molecule has 0 bridgehead atoms. The smallest absolute Gasteiger partial charge is 0.209 e. The summed E-state index contributed by atoms with van der Waals surface area (Å²) < 4.78 is 23.7. The predicted octanol–water partition coefficient (Wildman–Crippen LogP) is -2.13. The molecule has 66 valence electrons. The summed E-state index contributed by atoms with van der Waals surface area (Å²) >= 11 is 0. The molecule has 1 heterocycles. The van der Waals surface area contributed by atoms with Crippen molar-refractivity contribution in [2.24, 2.45) is 0 Å². The summed E-state index contributed by atoms with van der Waals surface area (Å²) in [5, 5.41) is 12.0. The van der Waals surface area contributed by atoms with E-state index in [-0.39, 0.29) is 6.04 Å². The molecule has 0 aromatic rings. The van der Waals surface area contributed by atoms with E-state index >= 15 is 0 Å². The molecule has 2 unspecified atom stereocenters. The Labute approximate surface area is 65.8 Å². The van der Waals surface area contributed by atoms with Gasteiger partial charge in [-0.2, -0.15) is 0 Å². The summed E-state index contributed by atoms with van der Waals surface area (Å²) in [5.74, 6) is 0. The van der Waals surface area contributed by atoms with Crippen molar-refractivity contribution >= 4 is 10.0 Å². The highest BCUT2D eigenvalue weighted by Crippen LogP contribution is 1.99. The van der Waals surface area contributed by atoms with Crippen LogP contribution >= 0.6 is 0 Å². The van der Waals surface area contributed by atoms with Crippen LogP contribution in [0.2, 0.25) is 0 Å². The van der Waals surface area contributed by atoms with Gasteiger partial charge < -0.3 is 10.4 Å². The van der Waals surface area contributed by atoms with Crippen LogP contribution in [-0.4, -0.2) is 45.0 Å². The van der Waals surface area contributed by atoms with Crippen LogP contribution in [0.15, 0.2) is 0 Å². The number of aliphatic hydroxyl groups is 1. The van der Waals surface area contributed by atoms with E-state index in [2.05, 4.69) is 10.0 Å². The van der Waals surface area contributed by atoms with Gasteiger partial charge in [-0.1, -0.05) is 0 Å². The first-order chi connectivity index (χ1) is 4.99. The van der Waals surface area contributed by atoms with Crippen molar-refractivity contribution < 1.29 is 13.5 Å². The van der Waals surface area contributed by atoms with Crippen molar-refractivity contribution in [3.05, 3.63) is 0 Å². The Morgan fingerprint density at radius 3 is 2.55 bits per heavy atom. The molecule has 6 heteroatoms. The van der Waals surface area contributed by atoms with Gasteiger partial charge in [0.05, 0.1) is 18.4 Å². The second-order valence-corrected chi connectivity index (χ2v) is 4.50. The zero-order chi connectivity index (χ0) is 8.48. The van der Waals surface area contributed by atoms with Gasteiger partial charge in [-0.25, -0.2) is 13.1 Å². The fraction of sp³-hybridized carbons (Fsp3) is 1.00. The van der Waals surface area contributed by atoms with E-state index in [1.165, 1.54) is 0 Å². The third kappa shape index (κ3) is 2.74. The molecule has 3 N–H and O–H groups in total. The molecule has 0 spiro atoms. The van der Waals surface area contributed by atoms with Gasteiger partial charge in [-0.15, -0.1) is 0 Å². The van der Waals surface area contributed by atoms with Crippen molar-refractivity contribution in [3.8, 4) is 0 Å². The van der Waals surface area contributed by atoms with E-state index < -0.39 is 16.1 Å². The molecule has 0 amide bonds. The van der Waals surface area contributed by atoms with Gasteiger partial charge in [0.15, 0.2) is 0 Å². The summed E-state index contributed by atoms with van der Waals surface area (Å²) in [4.78, 5) is 0. The maximum atomic E-state index is 10.7. The highest BCUT2D eigenvalue weighted by atomic mass is 32.2. The number of hydrogen-bond donors (Lipinski definition) is 3. The minimum absolute atomic E-state index is 0.370. The SMILES string of the molecule is CS(=O)(=O)NC1CNCC1O. The van der Waals surface area contributed by atoms with E-state index in [9.17, 15) is 8.42 Å². The van der Waals surface area contributed by atoms with Gasteiger partial charge in [0.25, 0.3) is 0 Å². The molecule has 1 fully saturated rings. The number of nitrogens with one attached hydrogen (secondary N) is 2. The van der Waals surface area contributed by atoms with E-state index in [1.54, 1.807) is 0 Å². The summed E-state index contributed by atoms with van der Waals surface area (Å²) in [6.07, 6.45) is 0.475. The number of sulfonamides is 1. The third-order valence-corrected chi connectivity index (χ3v) is 2.28. The van der Waals surface area contributed by atoms with E-state index in [0.29, 0.717) is 13.1 Å². The van der Waals surface area contributed by atoms with Crippen LogP contribution in [0, 0.1) is 0 Å². The van der Waals surface area contributed by atoms with Crippen molar-refractivity contribution in [3.63, 3.8) is 0 Å². The summed E-state index contributed by atoms with van der Waals surface area (Å²) in [6, 6.07) is -0.370. The minimum Gasteiger partial charge on any atom is -0.390 e. The molecule has 0 radical (unpaired) electrons. The van der Waals surface area contributed by atoms with Crippen molar-refractivity contribution in [1.82, 2.24) is 10.0 Å². The summed E-state index contributed by atoms with van der Waals surface area (Å²) in [6.45, 7) is 0.946. The molecule has 1 aliphatic rings. The Balaban J connectivity index is 2.50. The average Bonchev–Trinajstić information content (AvgIpc) is 2.12. The molecule has 2 atom stereocenters. The van der Waals surface area contributed by atoms with Gasteiger partial charge in [0.2, 0.25) is 10.0 Å². The van der Waals surface area contributed by atoms with Crippen molar-refractivity contribution in [1.29, 1.82) is 0 Å². The number of rotatable bonds is 2. The van der Waals surface area contributed by atoms with Gasteiger partial charge in [-0.3, -0.25) is 0 Å². The highest BCUT2D eigenvalue weighted by Gasteiger charge is 2.26. The fourth-order valence-corrected chi connectivity index (χ4v) is 1.85. The summed E-state index contributed by atoms with van der Waals surface area (Å²) in [5.41, 5.74) is 0. The zero-order valence-corrected chi connectivity index (χ0v) is 7.06. The van der Waals surface area contributed by atoms with Gasteiger partial charge in [-0.05, 0) is 0 Å². The average molecular weight is 180 g/mol. The molecular formula is C5H12N2O3S. The lowest BCUT2D eigenvalue weighted by molar-refractivity contribution is 0.173. The van der Waals surface area contributed by atoms with Crippen LogP contribution in [0.5, 0.6) is 0 Å². The Morgan fingerprint density at radius 2 is 2.18 bits per heavy atom. The lowest BCUT2D eigenvalue weighted by Crippen LogP contribution is -2.42. The monoisotopic (exact) mass is 180 g/mol. The normalized spacial score (nSPS) is 32.5. The Morgan fingerprint density at radius 1 is 1.55 bits per heavy atom. The Bertz CT molecular complexity index is 226. The van der Waals surface area contributed by atoms with E-state index in [4.69, 9.17) is 5.11 Å².